The molecule has 0 aromatic heterocycles. The molecule has 0 spiro atoms. The number of thioether (sulfide) groups is 1. The van der Waals surface area contributed by atoms with Crippen molar-refractivity contribution in [2.75, 3.05) is 24.4 Å². The van der Waals surface area contributed by atoms with Crippen LogP contribution in [0.25, 0.3) is 0 Å². The molecule has 0 saturated heterocycles. The Morgan fingerprint density at radius 3 is 2.53 bits per heavy atom. The largest absolute Gasteiger partial charge is 0.465 e. The fourth-order valence-electron chi connectivity index (χ4n) is 1.42. The number of nitrogens with one attached hydrogen (secondary N) is 1. The van der Waals surface area contributed by atoms with Crippen LogP contribution < -0.4 is 11.1 Å². The third-order valence-electron chi connectivity index (χ3n) is 2.54. The second-order valence-electron chi connectivity index (χ2n) is 3.95. The van der Waals surface area contributed by atoms with Crippen molar-refractivity contribution in [3.8, 4) is 0 Å². The number of methoxy groups -OCH3 is 1. The molecular formula is C13H18N2O3S. The summed E-state index contributed by atoms with van der Waals surface area (Å²) in [5.41, 5.74) is 6.80. The van der Waals surface area contributed by atoms with Gasteiger partial charge in [0.05, 0.1) is 18.7 Å². The Labute approximate surface area is 116 Å². The van der Waals surface area contributed by atoms with Crippen LogP contribution in [0.15, 0.2) is 24.3 Å². The molecule has 1 aromatic carbocycles. The number of carbonyl (C=O) groups excluding carboxylic acids is 2. The van der Waals surface area contributed by atoms with Gasteiger partial charge in [0, 0.05) is 5.69 Å². The van der Waals surface area contributed by atoms with Crippen molar-refractivity contribution in [3.63, 3.8) is 0 Å². The maximum atomic E-state index is 11.8. The van der Waals surface area contributed by atoms with Crippen LogP contribution in [0.3, 0.4) is 0 Å². The highest BCUT2D eigenvalue weighted by atomic mass is 32.2. The first-order valence-electron chi connectivity index (χ1n) is 5.82. The van der Waals surface area contributed by atoms with Gasteiger partial charge in [-0.3, -0.25) is 4.79 Å². The van der Waals surface area contributed by atoms with Gasteiger partial charge in [-0.25, -0.2) is 4.79 Å². The second kappa shape index (κ2) is 7.81. The molecule has 104 valence electrons. The minimum atomic E-state index is -0.521. The molecule has 0 unspecified atom stereocenters. The Hall–Kier alpha value is -1.53. The first kappa shape index (κ1) is 15.5. The summed E-state index contributed by atoms with van der Waals surface area (Å²) in [5.74, 6) is 0.213. The number of rotatable bonds is 6. The predicted octanol–water partition coefficient (Wildman–Crippen LogP) is 1.49. The van der Waals surface area contributed by atoms with E-state index in [9.17, 15) is 9.59 Å². The Morgan fingerprint density at radius 1 is 1.37 bits per heavy atom. The average molecular weight is 282 g/mol. The monoisotopic (exact) mass is 282 g/mol. The van der Waals surface area contributed by atoms with Crippen LogP contribution in [-0.2, 0) is 9.53 Å². The SMILES string of the molecule is COC(=O)c1ccc(NC(=O)[C@@H](N)CCSC)cc1. The van der Waals surface area contributed by atoms with E-state index in [1.54, 1.807) is 36.0 Å². The number of ether oxygens (including phenoxy) is 1. The van der Waals surface area contributed by atoms with Crippen LogP contribution in [0.1, 0.15) is 16.8 Å². The van der Waals surface area contributed by atoms with E-state index >= 15 is 0 Å². The van der Waals surface area contributed by atoms with Crippen molar-refractivity contribution >= 4 is 29.3 Å². The van der Waals surface area contributed by atoms with E-state index in [-0.39, 0.29) is 5.91 Å². The molecule has 3 N–H and O–H groups in total. The summed E-state index contributed by atoms with van der Waals surface area (Å²) >= 11 is 1.65. The topological polar surface area (TPSA) is 81.4 Å². The summed E-state index contributed by atoms with van der Waals surface area (Å²) < 4.78 is 4.59. The maximum Gasteiger partial charge on any atom is 0.337 e. The van der Waals surface area contributed by atoms with Gasteiger partial charge in [-0.1, -0.05) is 0 Å². The van der Waals surface area contributed by atoms with Crippen LogP contribution >= 0.6 is 11.8 Å². The normalized spacial score (nSPS) is 11.7. The lowest BCUT2D eigenvalue weighted by Gasteiger charge is -2.11. The first-order valence-corrected chi connectivity index (χ1v) is 7.21. The molecule has 0 aliphatic heterocycles. The summed E-state index contributed by atoms with van der Waals surface area (Å²) in [4.78, 5) is 23.0. The molecule has 0 bridgehead atoms. The molecule has 1 amide bonds. The third kappa shape index (κ3) is 4.92. The fraction of sp³-hybridized carbons (Fsp3) is 0.385. The first-order chi connectivity index (χ1) is 9.08. The lowest BCUT2D eigenvalue weighted by atomic mass is 10.2. The zero-order chi connectivity index (χ0) is 14.3. The number of benzene rings is 1. The summed E-state index contributed by atoms with van der Waals surface area (Å²) in [6.07, 6.45) is 2.60. The molecule has 0 radical (unpaired) electrons. The fourth-order valence-corrected chi connectivity index (χ4v) is 1.91. The number of hydrogen-bond donors (Lipinski definition) is 2. The Kier molecular flexibility index (Phi) is 6.38. The van der Waals surface area contributed by atoms with Gasteiger partial charge in [0.15, 0.2) is 0 Å². The summed E-state index contributed by atoms with van der Waals surface area (Å²) in [6.45, 7) is 0. The summed E-state index contributed by atoms with van der Waals surface area (Å²) in [5, 5.41) is 2.71. The van der Waals surface area contributed by atoms with Crippen molar-refractivity contribution < 1.29 is 14.3 Å². The Bertz CT molecular complexity index is 434. The molecule has 5 nitrogen and oxygen atoms in total. The zero-order valence-electron chi connectivity index (χ0n) is 11.0. The molecule has 0 aliphatic rings. The predicted molar refractivity (Wildman–Crippen MR) is 77.4 cm³/mol. The molecule has 0 heterocycles. The van der Waals surface area contributed by atoms with E-state index in [4.69, 9.17) is 5.73 Å². The highest BCUT2D eigenvalue weighted by molar-refractivity contribution is 7.98. The second-order valence-corrected chi connectivity index (χ2v) is 4.93. The standard InChI is InChI=1S/C13H18N2O3S/c1-18-13(17)9-3-5-10(6-4-9)15-12(16)11(14)7-8-19-2/h3-6,11H,7-8,14H2,1-2H3,(H,15,16)/t11-/m0/s1. The molecular weight excluding hydrogens is 264 g/mol. The number of carbonyl (C=O) groups is 2. The highest BCUT2D eigenvalue weighted by Gasteiger charge is 2.13. The van der Waals surface area contributed by atoms with Gasteiger partial charge >= 0.3 is 5.97 Å². The van der Waals surface area contributed by atoms with E-state index in [2.05, 4.69) is 10.1 Å². The van der Waals surface area contributed by atoms with Gasteiger partial charge in [-0.2, -0.15) is 11.8 Å². The summed E-state index contributed by atoms with van der Waals surface area (Å²) in [7, 11) is 1.32. The van der Waals surface area contributed by atoms with Crippen molar-refractivity contribution in [1.82, 2.24) is 0 Å². The number of amides is 1. The van der Waals surface area contributed by atoms with Crippen molar-refractivity contribution in [1.29, 1.82) is 0 Å². The van der Waals surface area contributed by atoms with Gasteiger partial charge in [0.25, 0.3) is 0 Å². The highest BCUT2D eigenvalue weighted by Crippen LogP contribution is 2.11. The smallest absolute Gasteiger partial charge is 0.337 e. The molecule has 1 rings (SSSR count). The molecule has 0 fully saturated rings. The molecule has 1 atom stereocenters. The molecule has 19 heavy (non-hydrogen) atoms. The molecule has 1 aromatic rings. The van der Waals surface area contributed by atoms with E-state index < -0.39 is 12.0 Å². The third-order valence-corrected chi connectivity index (χ3v) is 3.19. The van der Waals surface area contributed by atoms with Crippen LogP contribution in [-0.4, -0.2) is 37.0 Å². The Morgan fingerprint density at radius 2 is 2.00 bits per heavy atom. The zero-order valence-corrected chi connectivity index (χ0v) is 11.8. The quantitative estimate of drug-likeness (QED) is 0.773. The summed E-state index contributed by atoms with van der Waals surface area (Å²) in [6, 6.07) is 5.95. The number of nitrogens with two attached hydrogens (primary N) is 1. The minimum Gasteiger partial charge on any atom is -0.465 e. The van der Waals surface area contributed by atoms with E-state index in [1.807, 2.05) is 6.26 Å². The van der Waals surface area contributed by atoms with Crippen molar-refractivity contribution in [3.05, 3.63) is 29.8 Å². The number of esters is 1. The van der Waals surface area contributed by atoms with Gasteiger partial charge < -0.3 is 15.8 Å². The van der Waals surface area contributed by atoms with E-state index in [0.29, 0.717) is 17.7 Å². The van der Waals surface area contributed by atoms with E-state index in [1.165, 1.54) is 7.11 Å². The average Bonchev–Trinajstić information content (AvgIpc) is 2.44. The lowest BCUT2D eigenvalue weighted by Crippen LogP contribution is -2.36. The van der Waals surface area contributed by atoms with Crippen molar-refractivity contribution in [2.45, 2.75) is 12.5 Å². The van der Waals surface area contributed by atoms with Gasteiger partial charge in [0.1, 0.15) is 0 Å². The minimum absolute atomic E-state index is 0.222. The molecule has 0 aliphatic carbocycles. The number of anilines is 1. The Balaban J connectivity index is 2.57. The molecule has 6 heteroatoms. The van der Waals surface area contributed by atoms with Gasteiger partial charge in [0.2, 0.25) is 5.91 Å². The lowest BCUT2D eigenvalue weighted by molar-refractivity contribution is -0.117. The van der Waals surface area contributed by atoms with Crippen LogP contribution in [0.5, 0.6) is 0 Å². The van der Waals surface area contributed by atoms with Crippen LogP contribution in [0.4, 0.5) is 5.69 Å². The van der Waals surface area contributed by atoms with Crippen LogP contribution in [0.2, 0.25) is 0 Å². The van der Waals surface area contributed by atoms with Gasteiger partial charge in [-0.05, 0) is 42.7 Å². The molecule has 0 saturated carbocycles. The number of hydrogen-bond acceptors (Lipinski definition) is 5. The maximum absolute atomic E-state index is 11.8. The van der Waals surface area contributed by atoms with Crippen LogP contribution in [0, 0.1) is 0 Å². The van der Waals surface area contributed by atoms with Crippen molar-refractivity contribution in [2.24, 2.45) is 5.73 Å². The van der Waals surface area contributed by atoms with E-state index in [0.717, 1.165) is 5.75 Å². The van der Waals surface area contributed by atoms with Gasteiger partial charge in [-0.15, -0.1) is 0 Å².